The highest BCUT2D eigenvalue weighted by molar-refractivity contribution is 5.69. The van der Waals surface area contributed by atoms with Gasteiger partial charge in [0.25, 0.3) is 0 Å². The Balaban J connectivity index is 1.58. The van der Waals surface area contributed by atoms with E-state index in [9.17, 15) is 4.79 Å². The van der Waals surface area contributed by atoms with Gasteiger partial charge in [0.2, 0.25) is 0 Å². The monoisotopic (exact) mass is 342 g/mol. The van der Waals surface area contributed by atoms with Gasteiger partial charge in [0.1, 0.15) is 11.9 Å². The first kappa shape index (κ1) is 16.9. The van der Waals surface area contributed by atoms with Crippen LogP contribution in [0.15, 0.2) is 18.2 Å². The van der Waals surface area contributed by atoms with Crippen molar-refractivity contribution in [3.8, 4) is 5.75 Å². The minimum Gasteiger partial charge on any atom is -0.497 e. The molecule has 0 heterocycles. The largest absolute Gasteiger partial charge is 0.497 e. The summed E-state index contributed by atoms with van der Waals surface area (Å²) in [4.78, 5) is 11.9. The standard InChI is InChI=1S/C22H30O3/c1-4-21(23)25-20-10-9-19-18-7-5-14-13-15(24-3)6-8-16(14)17(18)11-12-22(19,20)2/h6,8,13,17-20H,4-5,7,9-12H2,1-3H3/t17-,18-,19+,20+,22+/m1/s1. The second-order valence-electron chi connectivity index (χ2n) is 8.43. The molecule has 3 heteroatoms. The lowest BCUT2D eigenvalue weighted by Crippen LogP contribution is -2.45. The quantitative estimate of drug-likeness (QED) is 0.735. The molecular formula is C22H30O3. The molecule has 0 N–H and O–H groups in total. The highest BCUT2D eigenvalue weighted by Crippen LogP contribution is 2.61. The van der Waals surface area contributed by atoms with Crippen molar-refractivity contribution >= 4 is 5.97 Å². The van der Waals surface area contributed by atoms with E-state index in [-0.39, 0.29) is 17.5 Å². The average molecular weight is 342 g/mol. The zero-order valence-electron chi connectivity index (χ0n) is 15.7. The first-order valence-electron chi connectivity index (χ1n) is 9.93. The van der Waals surface area contributed by atoms with E-state index >= 15 is 0 Å². The van der Waals surface area contributed by atoms with Crippen LogP contribution in [0.4, 0.5) is 0 Å². The Morgan fingerprint density at radius 2 is 2.08 bits per heavy atom. The lowest BCUT2D eigenvalue weighted by molar-refractivity contribution is -0.157. The number of ether oxygens (including phenoxy) is 2. The van der Waals surface area contributed by atoms with E-state index in [0.717, 1.165) is 24.5 Å². The molecule has 5 atom stereocenters. The highest BCUT2D eigenvalue weighted by atomic mass is 16.5. The van der Waals surface area contributed by atoms with Crippen molar-refractivity contribution in [2.24, 2.45) is 17.3 Å². The third-order valence-electron chi connectivity index (χ3n) is 7.41. The number of carbonyl (C=O) groups is 1. The molecule has 4 rings (SSSR count). The van der Waals surface area contributed by atoms with Crippen LogP contribution >= 0.6 is 0 Å². The Bertz CT molecular complexity index is 667. The maximum atomic E-state index is 11.9. The van der Waals surface area contributed by atoms with Gasteiger partial charge in [0.05, 0.1) is 7.11 Å². The van der Waals surface area contributed by atoms with Crippen molar-refractivity contribution in [1.82, 2.24) is 0 Å². The van der Waals surface area contributed by atoms with Crippen LogP contribution in [0.3, 0.4) is 0 Å². The van der Waals surface area contributed by atoms with E-state index in [1.807, 2.05) is 6.92 Å². The minimum atomic E-state index is -0.0323. The maximum absolute atomic E-state index is 11.9. The van der Waals surface area contributed by atoms with Gasteiger partial charge in [-0.25, -0.2) is 0 Å². The maximum Gasteiger partial charge on any atom is 0.305 e. The summed E-state index contributed by atoms with van der Waals surface area (Å²) in [5, 5.41) is 0. The normalized spacial score (nSPS) is 36.1. The molecule has 0 bridgehead atoms. The second kappa shape index (κ2) is 6.34. The van der Waals surface area contributed by atoms with Gasteiger partial charge in [-0.15, -0.1) is 0 Å². The van der Waals surface area contributed by atoms with E-state index in [2.05, 4.69) is 25.1 Å². The Hall–Kier alpha value is -1.51. The van der Waals surface area contributed by atoms with E-state index < -0.39 is 0 Å². The van der Waals surface area contributed by atoms with E-state index in [0.29, 0.717) is 18.3 Å². The lowest BCUT2D eigenvalue weighted by Gasteiger charge is -2.50. The van der Waals surface area contributed by atoms with Gasteiger partial charge in [0, 0.05) is 11.8 Å². The summed E-state index contributed by atoms with van der Waals surface area (Å²) in [6.07, 6.45) is 7.68. The summed E-state index contributed by atoms with van der Waals surface area (Å²) in [6, 6.07) is 6.66. The fourth-order valence-electron chi connectivity index (χ4n) is 6.07. The van der Waals surface area contributed by atoms with Crippen molar-refractivity contribution in [3.63, 3.8) is 0 Å². The molecular weight excluding hydrogens is 312 g/mol. The number of hydrogen-bond donors (Lipinski definition) is 0. The SMILES string of the molecule is CCC(=O)O[C@H]1CC[C@H]2[C@@H]3CCc4cc(OC)ccc4[C@H]3CC[C@]12C. The van der Waals surface area contributed by atoms with Crippen LogP contribution in [0, 0.1) is 17.3 Å². The fourth-order valence-corrected chi connectivity index (χ4v) is 6.07. The van der Waals surface area contributed by atoms with Gasteiger partial charge in [-0.3, -0.25) is 4.79 Å². The minimum absolute atomic E-state index is 0.0323. The van der Waals surface area contributed by atoms with Gasteiger partial charge < -0.3 is 9.47 Å². The molecule has 3 aliphatic rings. The van der Waals surface area contributed by atoms with Crippen molar-refractivity contribution in [2.75, 3.05) is 7.11 Å². The van der Waals surface area contributed by atoms with Gasteiger partial charge in [0.15, 0.2) is 0 Å². The van der Waals surface area contributed by atoms with Gasteiger partial charge in [-0.1, -0.05) is 19.9 Å². The molecule has 1 aromatic rings. The number of methoxy groups -OCH3 is 1. The van der Waals surface area contributed by atoms with Crippen molar-refractivity contribution in [3.05, 3.63) is 29.3 Å². The summed E-state index contributed by atoms with van der Waals surface area (Å²) in [6.45, 7) is 4.28. The number of esters is 1. The molecule has 3 nitrogen and oxygen atoms in total. The molecule has 0 aliphatic heterocycles. The van der Waals surface area contributed by atoms with Crippen molar-refractivity contribution < 1.29 is 14.3 Å². The number of carbonyl (C=O) groups excluding carboxylic acids is 1. The summed E-state index contributed by atoms with van der Waals surface area (Å²) >= 11 is 0. The highest BCUT2D eigenvalue weighted by Gasteiger charge is 2.56. The van der Waals surface area contributed by atoms with Gasteiger partial charge in [-0.2, -0.15) is 0 Å². The van der Waals surface area contributed by atoms with E-state index in [1.54, 1.807) is 12.7 Å². The molecule has 136 valence electrons. The molecule has 0 aromatic heterocycles. The van der Waals surface area contributed by atoms with Crippen LogP contribution in [0.1, 0.15) is 69.4 Å². The molecule has 0 unspecified atom stereocenters. The van der Waals surface area contributed by atoms with Crippen LogP contribution in [0.2, 0.25) is 0 Å². The first-order chi connectivity index (χ1) is 12.1. The number of rotatable bonds is 3. The Kier molecular flexibility index (Phi) is 4.29. The molecule has 0 radical (unpaired) electrons. The third kappa shape index (κ3) is 2.67. The predicted molar refractivity (Wildman–Crippen MR) is 97.8 cm³/mol. The summed E-state index contributed by atoms with van der Waals surface area (Å²) in [7, 11) is 1.75. The Morgan fingerprint density at radius 1 is 1.24 bits per heavy atom. The number of aryl methyl sites for hydroxylation is 1. The molecule has 0 saturated heterocycles. The van der Waals surface area contributed by atoms with E-state index in [4.69, 9.17) is 9.47 Å². The third-order valence-corrected chi connectivity index (χ3v) is 7.41. The molecule has 0 spiro atoms. The number of fused-ring (bicyclic) bond motifs is 5. The Morgan fingerprint density at radius 3 is 2.84 bits per heavy atom. The molecule has 1 aromatic carbocycles. The Labute approximate surface area is 151 Å². The average Bonchev–Trinajstić information content (AvgIpc) is 2.97. The molecule has 2 fully saturated rings. The predicted octanol–water partition coefficient (Wildman–Crippen LogP) is 4.87. The zero-order chi connectivity index (χ0) is 17.6. The summed E-state index contributed by atoms with van der Waals surface area (Å²) < 4.78 is 11.3. The van der Waals surface area contributed by atoms with Crippen LogP contribution in [-0.4, -0.2) is 19.2 Å². The number of benzene rings is 1. The second-order valence-corrected chi connectivity index (χ2v) is 8.43. The molecule has 0 amide bonds. The topological polar surface area (TPSA) is 35.5 Å². The molecule has 2 saturated carbocycles. The van der Waals surface area contributed by atoms with Crippen molar-refractivity contribution in [1.29, 1.82) is 0 Å². The number of hydrogen-bond acceptors (Lipinski definition) is 3. The fraction of sp³-hybridized carbons (Fsp3) is 0.682. The van der Waals surface area contributed by atoms with Gasteiger partial charge >= 0.3 is 5.97 Å². The van der Waals surface area contributed by atoms with Gasteiger partial charge in [-0.05, 0) is 79.5 Å². The summed E-state index contributed by atoms with van der Waals surface area (Å²) in [5.41, 5.74) is 3.21. The summed E-state index contributed by atoms with van der Waals surface area (Å²) in [5.74, 6) is 3.05. The van der Waals surface area contributed by atoms with Crippen LogP contribution in [-0.2, 0) is 16.0 Å². The van der Waals surface area contributed by atoms with Crippen molar-refractivity contribution in [2.45, 2.75) is 70.8 Å². The van der Waals surface area contributed by atoms with Crippen LogP contribution < -0.4 is 4.74 Å². The zero-order valence-corrected chi connectivity index (χ0v) is 15.7. The molecule has 25 heavy (non-hydrogen) atoms. The lowest BCUT2D eigenvalue weighted by atomic mass is 9.55. The van der Waals surface area contributed by atoms with E-state index in [1.165, 1.54) is 31.2 Å². The first-order valence-corrected chi connectivity index (χ1v) is 9.93. The van der Waals surface area contributed by atoms with Crippen LogP contribution in [0.5, 0.6) is 5.75 Å². The molecule has 3 aliphatic carbocycles. The smallest absolute Gasteiger partial charge is 0.305 e. The van der Waals surface area contributed by atoms with Crippen LogP contribution in [0.25, 0.3) is 0 Å².